The minimum Gasteiger partial charge on any atom is -0.311 e. The van der Waals surface area contributed by atoms with Gasteiger partial charge in [-0.25, -0.2) is 12.7 Å². The summed E-state index contributed by atoms with van der Waals surface area (Å²) in [6.07, 6.45) is 4.26. The summed E-state index contributed by atoms with van der Waals surface area (Å²) in [4.78, 5) is 0. The summed E-state index contributed by atoms with van der Waals surface area (Å²) in [5.41, 5.74) is 0. The molecule has 1 heterocycles. The fourth-order valence-corrected chi connectivity index (χ4v) is 3.53. The Balaban J connectivity index is 2.36. The van der Waals surface area contributed by atoms with Crippen LogP contribution in [0.3, 0.4) is 0 Å². The largest absolute Gasteiger partial charge is 0.311 e. The van der Waals surface area contributed by atoms with E-state index < -0.39 is 10.0 Å². The van der Waals surface area contributed by atoms with Gasteiger partial charge in [0.05, 0.1) is 5.75 Å². The molecule has 1 rings (SSSR count). The van der Waals surface area contributed by atoms with Gasteiger partial charge < -0.3 is 5.32 Å². The first kappa shape index (κ1) is 14.9. The molecule has 1 atom stereocenters. The third-order valence-corrected chi connectivity index (χ3v) is 5.34. The van der Waals surface area contributed by atoms with Gasteiger partial charge in [0.2, 0.25) is 10.0 Å². The average molecular weight is 262 g/mol. The van der Waals surface area contributed by atoms with Crippen LogP contribution in [0, 0.1) is 0 Å². The molecule has 102 valence electrons. The molecular weight excluding hydrogens is 236 g/mol. The predicted octanol–water partition coefficient (Wildman–Crippen LogP) is 1.58. The van der Waals surface area contributed by atoms with E-state index in [2.05, 4.69) is 19.2 Å². The molecule has 17 heavy (non-hydrogen) atoms. The van der Waals surface area contributed by atoms with Gasteiger partial charge in [0, 0.05) is 25.2 Å². The average Bonchev–Trinajstić information content (AvgIpc) is 2.30. The van der Waals surface area contributed by atoms with Crippen LogP contribution in [0.15, 0.2) is 0 Å². The third kappa shape index (κ3) is 4.56. The van der Waals surface area contributed by atoms with Crippen molar-refractivity contribution in [2.75, 3.05) is 18.8 Å². The van der Waals surface area contributed by atoms with Gasteiger partial charge in [-0.15, -0.1) is 0 Å². The lowest BCUT2D eigenvalue weighted by Crippen LogP contribution is -2.47. The Morgan fingerprint density at radius 2 is 1.88 bits per heavy atom. The first-order chi connectivity index (χ1) is 7.99. The van der Waals surface area contributed by atoms with Crippen LogP contribution < -0.4 is 5.32 Å². The van der Waals surface area contributed by atoms with Crippen molar-refractivity contribution < 1.29 is 8.42 Å². The zero-order valence-electron chi connectivity index (χ0n) is 11.3. The Morgan fingerprint density at radius 3 is 2.35 bits per heavy atom. The van der Waals surface area contributed by atoms with E-state index in [1.54, 1.807) is 11.2 Å². The van der Waals surface area contributed by atoms with E-state index in [1.165, 1.54) is 12.8 Å². The molecule has 0 saturated carbocycles. The van der Waals surface area contributed by atoms with Crippen molar-refractivity contribution >= 4 is 10.0 Å². The zero-order chi connectivity index (χ0) is 12.9. The molecule has 1 fully saturated rings. The van der Waals surface area contributed by atoms with Gasteiger partial charge in [-0.1, -0.05) is 13.3 Å². The zero-order valence-corrected chi connectivity index (χ0v) is 12.1. The van der Waals surface area contributed by atoms with Gasteiger partial charge in [0.1, 0.15) is 0 Å². The van der Waals surface area contributed by atoms with Crippen LogP contribution in [0.5, 0.6) is 0 Å². The number of hydrogen-bond donors (Lipinski definition) is 1. The van der Waals surface area contributed by atoms with Gasteiger partial charge in [0.15, 0.2) is 0 Å². The van der Waals surface area contributed by atoms with Crippen molar-refractivity contribution in [2.24, 2.45) is 0 Å². The topological polar surface area (TPSA) is 49.4 Å². The first-order valence-electron chi connectivity index (χ1n) is 6.73. The second-order valence-electron chi connectivity index (χ2n) is 4.93. The van der Waals surface area contributed by atoms with E-state index in [-0.39, 0.29) is 5.75 Å². The van der Waals surface area contributed by atoms with Crippen molar-refractivity contribution in [1.29, 1.82) is 0 Å². The highest BCUT2D eigenvalue weighted by Gasteiger charge is 2.26. The Labute approximate surface area is 106 Å². The molecule has 4 nitrogen and oxygen atoms in total. The molecule has 0 spiro atoms. The van der Waals surface area contributed by atoms with Gasteiger partial charge >= 0.3 is 0 Å². The molecule has 0 bridgehead atoms. The highest BCUT2D eigenvalue weighted by molar-refractivity contribution is 7.89. The summed E-state index contributed by atoms with van der Waals surface area (Å²) in [5.74, 6) is 0.220. The summed E-state index contributed by atoms with van der Waals surface area (Å²) in [6, 6.07) is 1.03. The second-order valence-corrected chi connectivity index (χ2v) is 7.19. The van der Waals surface area contributed by atoms with Crippen LogP contribution in [0.4, 0.5) is 0 Å². The maximum absolute atomic E-state index is 11.7. The summed E-state index contributed by atoms with van der Waals surface area (Å²) < 4.78 is 25.0. The number of rotatable bonds is 6. The standard InChI is InChI=1S/C12H26N2O2S/c1-4-6-11(3)13-12-7-9-14(10-8-12)17(15,16)5-2/h11-13H,4-10H2,1-3H3. The van der Waals surface area contributed by atoms with Crippen molar-refractivity contribution in [3.8, 4) is 0 Å². The van der Waals surface area contributed by atoms with E-state index in [4.69, 9.17) is 0 Å². The number of hydrogen-bond acceptors (Lipinski definition) is 3. The van der Waals surface area contributed by atoms with Gasteiger partial charge in [-0.05, 0) is 33.1 Å². The molecule has 0 amide bonds. The van der Waals surface area contributed by atoms with Crippen LogP contribution >= 0.6 is 0 Å². The van der Waals surface area contributed by atoms with Crippen molar-refractivity contribution in [2.45, 2.75) is 58.5 Å². The van der Waals surface area contributed by atoms with Crippen LogP contribution in [0.25, 0.3) is 0 Å². The molecule has 0 aromatic rings. The number of nitrogens with one attached hydrogen (secondary N) is 1. The van der Waals surface area contributed by atoms with Crippen LogP contribution in [-0.2, 0) is 10.0 Å². The van der Waals surface area contributed by atoms with Crippen molar-refractivity contribution in [1.82, 2.24) is 9.62 Å². The van der Waals surface area contributed by atoms with E-state index in [1.807, 2.05) is 0 Å². The molecular formula is C12H26N2O2S. The maximum atomic E-state index is 11.7. The normalized spacial score (nSPS) is 21.6. The van der Waals surface area contributed by atoms with Crippen LogP contribution in [0.1, 0.15) is 46.5 Å². The molecule has 0 aromatic heterocycles. The summed E-state index contributed by atoms with van der Waals surface area (Å²) in [6.45, 7) is 7.45. The van der Waals surface area contributed by atoms with Gasteiger partial charge in [-0.2, -0.15) is 0 Å². The summed E-state index contributed by atoms with van der Waals surface area (Å²) in [7, 11) is -2.98. The molecule has 1 saturated heterocycles. The highest BCUT2D eigenvalue weighted by atomic mass is 32.2. The second kappa shape index (κ2) is 6.71. The lowest BCUT2D eigenvalue weighted by molar-refractivity contribution is 0.273. The number of nitrogens with zero attached hydrogens (tertiary/aromatic N) is 1. The smallest absolute Gasteiger partial charge is 0.213 e. The van der Waals surface area contributed by atoms with E-state index >= 15 is 0 Å². The van der Waals surface area contributed by atoms with Crippen molar-refractivity contribution in [3.05, 3.63) is 0 Å². The van der Waals surface area contributed by atoms with Crippen LogP contribution in [0.2, 0.25) is 0 Å². The summed E-state index contributed by atoms with van der Waals surface area (Å²) >= 11 is 0. The molecule has 0 aliphatic carbocycles. The third-order valence-electron chi connectivity index (χ3n) is 3.45. The van der Waals surface area contributed by atoms with E-state index in [0.29, 0.717) is 25.2 Å². The molecule has 1 aliphatic heterocycles. The lowest BCUT2D eigenvalue weighted by Gasteiger charge is -2.33. The Hall–Kier alpha value is -0.130. The number of piperidine rings is 1. The molecule has 5 heteroatoms. The van der Waals surface area contributed by atoms with E-state index in [9.17, 15) is 8.42 Å². The fourth-order valence-electron chi connectivity index (χ4n) is 2.40. The molecule has 1 N–H and O–H groups in total. The molecule has 0 radical (unpaired) electrons. The predicted molar refractivity (Wildman–Crippen MR) is 71.6 cm³/mol. The van der Waals surface area contributed by atoms with Gasteiger partial charge in [-0.3, -0.25) is 0 Å². The Kier molecular flexibility index (Phi) is 5.89. The quantitative estimate of drug-likeness (QED) is 0.790. The van der Waals surface area contributed by atoms with Gasteiger partial charge in [0.25, 0.3) is 0 Å². The Morgan fingerprint density at radius 1 is 1.29 bits per heavy atom. The monoisotopic (exact) mass is 262 g/mol. The minimum atomic E-state index is -2.98. The van der Waals surface area contributed by atoms with Crippen LogP contribution in [-0.4, -0.2) is 43.6 Å². The first-order valence-corrected chi connectivity index (χ1v) is 8.34. The molecule has 1 unspecified atom stereocenters. The number of sulfonamides is 1. The molecule has 1 aliphatic rings. The SMILES string of the molecule is CCCC(C)NC1CCN(S(=O)(=O)CC)CC1. The summed E-state index contributed by atoms with van der Waals surface area (Å²) in [5, 5.41) is 3.59. The lowest BCUT2D eigenvalue weighted by atomic mass is 10.0. The Bertz CT molecular complexity index is 308. The maximum Gasteiger partial charge on any atom is 0.213 e. The molecule has 0 aromatic carbocycles. The van der Waals surface area contributed by atoms with E-state index in [0.717, 1.165) is 12.8 Å². The highest BCUT2D eigenvalue weighted by Crippen LogP contribution is 2.15. The fraction of sp³-hybridized carbons (Fsp3) is 1.00. The minimum absolute atomic E-state index is 0.220. The van der Waals surface area contributed by atoms with Crippen molar-refractivity contribution in [3.63, 3.8) is 0 Å².